The molecule has 0 spiro atoms. The van der Waals surface area contributed by atoms with E-state index >= 15 is 0 Å². The van der Waals surface area contributed by atoms with Gasteiger partial charge in [0.1, 0.15) is 5.75 Å². The predicted molar refractivity (Wildman–Crippen MR) is 104 cm³/mol. The molecule has 3 amide bonds. The van der Waals surface area contributed by atoms with E-state index in [-0.39, 0.29) is 18.4 Å². The molecular weight excluding hydrogens is 356 g/mol. The lowest BCUT2D eigenvalue weighted by atomic mass is 10.2. The lowest BCUT2D eigenvalue weighted by molar-refractivity contribution is -0.115. The van der Waals surface area contributed by atoms with Crippen LogP contribution in [0.4, 0.5) is 21.9 Å². The van der Waals surface area contributed by atoms with Gasteiger partial charge in [0.15, 0.2) is 0 Å². The summed E-state index contributed by atoms with van der Waals surface area (Å²) in [6.07, 6.45) is 0.272. The van der Waals surface area contributed by atoms with Crippen LogP contribution in [0.3, 0.4) is 0 Å². The molecule has 0 atom stereocenters. The number of hydrogen-bond acceptors (Lipinski definition) is 4. The number of hydrogen-bond donors (Lipinski definition) is 4. The van der Waals surface area contributed by atoms with Crippen LogP contribution >= 0.6 is 11.6 Å². The van der Waals surface area contributed by atoms with Crippen LogP contribution < -0.4 is 26.0 Å². The van der Waals surface area contributed by atoms with Crippen molar-refractivity contribution >= 4 is 40.6 Å². The third kappa shape index (κ3) is 5.86. The normalized spacial score (nSPS) is 9.96. The molecule has 138 valence electrons. The molecule has 2 rings (SSSR count). The summed E-state index contributed by atoms with van der Waals surface area (Å²) < 4.78 is 5.24. The van der Waals surface area contributed by atoms with Crippen molar-refractivity contribution in [3.8, 4) is 5.75 Å². The van der Waals surface area contributed by atoms with Crippen LogP contribution in [0, 0.1) is 0 Å². The topological polar surface area (TPSA) is 91.5 Å². The molecule has 2 aromatic rings. The zero-order valence-electron chi connectivity index (χ0n) is 14.6. The van der Waals surface area contributed by atoms with E-state index in [4.69, 9.17) is 16.3 Å². The predicted octanol–water partition coefficient (Wildman–Crippen LogP) is 3.54. The molecule has 0 fully saturated rings. The van der Waals surface area contributed by atoms with Crippen LogP contribution in [0.25, 0.3) is 0 Å². The van der Waals surface area contributed by atoms with Crippen LogP contribution in [-0.2, 0) is 4.79 Å². The Kier molecular flexibility index (Phi) is 7.11. The summed E-state index contributed by atoms with van der Waals surface area (Å²) >= 11 is 5.97. The summed E-state index contributed by atoms with van der Waals surface area (Å²) in [5, 5.41) is 11.6. The number of methoxy groups -OCH3 is 1. The second-order valence-electron chi connectivity index (χ2n) is 5.35. The molecule has 0 bridgehead atoms. The Labute approximate surface area is 157 Å². The Morgan fingerprint density at radius 2 is 1.69 bits per heavy atom. The van der Waals surface area contributed by atoms with E-state index < -0.39 is 0 Å². The number of rotatable bonds is 7. The van der Waals surface area contributed by atoms with E-state index in [2.05, 4.69) is 21.3 Å². The first-order chi connectivity index (χ1) is 12.5. The van der Waals surface area contributed by atoms with Gasteiger partial charge in [0.05, 0.1) is 12.8 Å². The zero-order chi connectivity index (χ0) is 18.9. The highest BCUT2D eigenvalue weighted by molar-refractivity contribution is 6.30. The smallest absolute Gasteiger partial charge is 0.318 e. The fourth-order valence-electron chi connectivity index (χ4n) is 2.18. The third-order valence-electron chi connectivity index (χ3n) is 3.48. The second kappa shape index (κ2) is 9.53. The van der Waals surface area contributed by atoms with Crippen molar-refractivity contribution in [3.63, 3.8) is 0 Å². The highest BCUT2D eigenvalue weighted by Gasteiger charge is 2.06. The molecule has 7 nitrogen and oxygen atoms in total. The maximum Gasteiger partial charge on any atom is 0.318 e. The van der Waals surface area contributed by atoms with Gasteiger partial charge >= 0.3 is 6.03 Å². The van der Waals surface area contributed by atoms with Crippen LogP contribution in [0.1, 0.15) is 6.42 Å². The molecule has 0 heterocycles. The van der Waals surface area contributed by atoms with Crippen molar-refractivity contribution in [2.45, 2.75) is 6.42 Å². The average Bonchev–Trinajstić information content (AvgIpc) is 2.63. The van der Waals surface area contributed by atoms with Gasteiger partial charge in [0, 0.05) is 36.4 Å². The minimum absolute atomic E-state index is 0.134. The lowest BCUT2D eigenvalue weighted by Crippen LogP contribution is -2.24. The van der Waals surface area contributed by atoms with E-state index in [9.17, 15) is 9.59 Å². The van der Waals surface area contributed by atoms with Gasteiger partial charge < -0.3 is 26.0 Å². The van der Waals surface area contributed by atoms with Crippen LogP contribution in [0.15, 0.2) is 42.5 Å². The molecule has 0 aliphatic carbocycles. The van der Waals surface area contributed by atoms with Gasteiger partial charge in [0.2, 0.25) is 5.91 Å². The van der Waals surface area contributed by atoms with Gasteiger partial charge in [-0.3, -0.25) is 4.79 Å². The number of nitrogens with one attached hydrogen (secondary N) is 4. The Balaban J connectivity index is 1.82. The average molecular weight is 377 g/mol. The van der Waals surface area contributed by atoms with Gasteiger partial charge in [-0.05, 0) is 42.5 Å². The molecule has 0 aliphatic rings. The Hall–Kier alpha value is -2.93. The standard InChI is InChI=1S/C18H21ClN4O3/c1-20-18(25)23-14-6-4-13(5-7-14)22-17(24)9-10-21-15-11-12(19)3-8-16(15)26-2/h3-8,11,21H,9-10H2,1-2H3,(H,22,24)(H2,20,23,25). The molecule has 0 aromatic heterocycles. The Bertz CT molecular complexity index is 766. The SMILES string of the molecule is CNC(=O)Nc1ccc(NC(=O)CCNc2cc(Cl)ccc2OC)cc1. The molecule has 8 heteroatoms. The fraction of sp³-hybridized carbons (Fsp3) is 0.222. The summed E-state index contributed by atoms with van der Waals surface area (Å²) in [5.41, 5.74) is 2.02. The number of benzene rings is 2. The number of halogens is 1. The number of carbonyl (C=O) groups is 2. The molecule has 4 N–H and O–H groups in total. The van der Waals surface area contributed by atoms with Crippen molar-refractivity contribution in [2.75, 3.05) is 36.7 Å². The van der Waals surface area contributed by atoms with E-state index in [1.54, 1.807) is 49.6 Å². The molecule has 26 heavy (non-hydrogen) atoms. The largest absolute Gasteiger partial charge is 0.495 e. The van der Waals surface area contributed by atoms with E-state index in [0.29, 0.717) is 28.7 Å². The van der Waals surface area contributed by atoms with Crippen molar-refractivity contribution < 1.29 is 14.3 Å². The minimum Gasteiger partial charge on any atom is -0.495 e. The first-order valence-electron chi connectivity index (χ1n) is 7.98. The van der Waals surface area contributed by atoms with Gasteiger partial charge in [-0.15, -0.1) is 0 Å². The molecular formula is C18H21ClN4O3. The van der Waals surface area contributed by atoms with Crippen LogP contribution in [-0.4, -0.2) is 32.6 Å². The number of amides is 3. The molecule has 0 radical (unpaired) electrons. The first-order valence-corrected chi connectivity index (χ1v) is 8.35. The maximum absolute atomic E-state index is 12.0. The van der Waals surface area contributed by atoms with Crippen molar-refractivity contribution in [1.29, 1.82) is 0 Å². The zero-order valence-corrected chi connectivity index (χ0v) is 15.3. The quantitative estimate of drug-likeness (QED) is 0.594. The Morgan fingerprint density at radius 3 is 2.31 bits per heavy atom. The lowest BCUT2D eigenvalue weighted by Gasteiger charge is -2.12. The van der Waals surface area contributed by atoms with Crippen molar-refractivity contribution in [1.82, 2.24) is 5.32 Å². The second-order valence-corrected chi connectivity index (χ2v) is 5.79. The molecule has 0 saturated carbocycles. The van der Waals surface area contributed by atoms with Gasteiger partial charge in [-0.2, -0.15) is 0 Å². The number of anilines is 3. The maximum atomic E-state index is 12.0. The highest BCUT2D eigenvalue weighted by atomic mass is 35.5. The van der Waals surface area contributed by atoms with Gasteiger partial charge in [-0.25, -0.2) is 4.79 Å². The van der Waals surface area contributed by atoms with E-state index in [0.717, 1.165) is 5.69 Å². The molecule has 0 aliphatic heterocycles. The summed E-state index contributed by atoms with van der Waals surface area (Å²) in [4.78, 5) is 23.3. The van der Waals surface area contributed by atoms with E-state index in [1.807, 2.05) is 0 Å². The molecule has 0 unspecified atom stereocenters. The Morgan fingerprint density at radius 1 is 1.04 bits per heavy atom. The highest BCUT2D eigenvalue weighted by Crippen LogP contribution is 2.27. The van der Waals surface area contributed by atoms with Crippen molar-refractivity contribution in [3.05, 3.63) is 47.5 Å². The van der Waals surface area contributed by atoms with Crippen LogP contribution in [0.2, 0.25) is 5.02 Å². The third-order valence-corrected chi connectivity index (χ3v) is 3.72. The number of ether oxygens (including phenoxy) is 1. The summed E-state index contributed by atoms with van der Waals surface area (Å²) in [6.45, 7) is 0.429. The van der Waals surface area contributed by atoms with Gasteiger partial charge in [0.25, 0.3) is 0 Å². The minimum atomic E-state index is -0.302. The van der Waals surface area contributed by atoms with E-state index in [1.165, 1.54) is 7.05 Å². The monoisotopic (exact) mass is 376 g/mol. The summed E-state index contributed by atoms with van der Waals surface area (Å²) in [6, 6.07) is 11.8. The fourth-order valence-corrected chi connectivity index (χ4v) is 2.36. The molecule has 2 aromatic carbocycles. The summed E-state index contributed by atoms with van der Waals surface area (Å²) in [7, 11) is 3.11. The van der Waals surface area contributed by atoms with Crippen LogP contribution in [0.5, 0.6) is 5.75 Å². The van der Waals surface area contributed by atoms with Crippen molar-refractivity contribution in [2.24, 2.45) is 0 Å². The first kappa shape index (κ1) is 19.4. The molecule has 0 saturated heterocycles. The summed E-state index contributed by atoms with van der Waals surface area (Å²) in [5.74, 6) is 0.527. The van der Waals surface area contributed by atoms with Gasteiger partial charge in [-0.1, -0.05) is 11.6 Å². The number of carbonyl (C=O) groups excluding carboxylic acids is 2. The number of urea groups is 1.